The smallest absolute Gasteiger partial charge is 0.404 e. The summed E-state index contributed by atoms with van der Waals surface area (Å²) in [5.74, 6) is 0. The lowest BCUT2D eigenvalue weighted by molar-refractivity contribution is 0.176. The highest BCUT2D eigenvalue weighted by Gasteiger charge is 2.36. The Morgan fingerprint density at radius 2 is 2.21 bits per heavy atom. The Morgan fingerprint density at radius 3 is 2.95 bits per heavy atom. The third-order valence-electron chi connectivity index (χ3n) is 4.08. The molecule has 2 aliphatic rings. The fourth-order valence-electron chi connectivity index (χ4n) is 3.11. The summed E-state index contributed by atoms with van der Waals surface area (Å²) < 4.78 is 0. The van der Waals surface area contributed by atoms with Gasteiger partial charge < -0.3 is 15.3 Å². The van der Waals surface area contributed by atoms with Crippen LogP contribution in [-0.4, -0.2) is 29.8 Å². The molecule has 0 saturated heterocycles. The van der Waals surface area contributed by atoms with E-state index in [0.717, 1.165) is 37.3 Å². The van der Waals surface area contributed by atoms with Crippen LogP contribution in [0.25, 0.3) is 0 Å². The summed E-state index contributed by atoms with van der Waals surface area (Å²) in [6, 6.07) is 6.64. The lowest BCUT2D eigenvalue weighted by atomic mass is 9.83. The quantitative estimate of drug-likeness (QED) is 0.876. The van der Waals surface area contributed by atoms with Crippen molar-refractivity contribution in [3.05, 3.63) is 28.8 Å². The number of rotatable bonds is 2. The standard InChI is InChI=1S/C14H17ClN2O2/c15-10-3-4-13-9(6-10)2-1-5-17(13)12-7-11(8-12)16-14(18)19/h3-4,6,11-12,16H,1-2,5,7-8H2,(H,18,19). The van der Waals surface area contributed by atoms with E-state index in [0.29, 0.717) is 6.04 Å². The van der Waals surface area contributed by atoms with Gasteiger partial charge in [0.2, 0.25) is 0 Å². The van der Waals surface area contributed by atoms with Crippen molar-refractivity contribution in [2.45, 2.75) is 37.8 Å². The lowest BCUT2D eigenvalue weighted by Gasteiger charge is -2.46. The molecule has 102 valence electrons. The van der Waals surface area contributed by atoms with Crippen LogP contribution in [0.5, 0.6) is 0 Å². The fraction of sp³-hybridized carbons (Fsp3) is 0.500. The number of benzene rings is 1. The molecule has 4 nitrogen and oxygen atoms in total. The molecule has 0 unspecified atom stereocenters. The van der Waals surface area contributed by atoms with E-state index in [1.54, 1.807) is 0 Å². The minimum atomic E-state index is -0.922. The zero-order valence-corrected chi connectivity index (χ0v) is 11.4. The first-order valence-electron chi connectivity index (χ1n) is 6.68. The largest absolute Gasteiger partial charge is 0.465 e. The van der Waals surface area contributed by atoms with E-state index in [4.69, 9.17) is 16.7 Å². The highest BCUT2D eigenvalue weighted by molar-refractivity contribution is 6.30. The number of carbonyl (C=O) groups is 1. The van der Waals surface area contributed by atoms with Gasteiger partial charge in [0.15, 0.2) is 0 Å². The van der Waals surface area contributed by atoms with Gasteiger partial charge in [0.1, 0.15) is 0 Å². The van der Waals surface area contributed by atoms with Crippen molar-refractivity contribution in [2.24, 2.45) is 0 Å². The molecule has 1 aromatic rings. The van der Waals surface area contributed by atoms with E-state index >= 15 is 0 Å². The molecule has 0 atom stereocenters. The van der Waals surface area contributed by atoms with E-state index in [1.165, 1.54) is 11.3 Å². The number of halogens is 1. The number of hydrogen-bond donors (Lipinski definition) is 2. The lowest BCUT2D eigenvalue weighted by Crippen LogP contribution is -2.54. The van der Waals surface area contributed by atoms with Gasteiger partial charge in [-0.05, 0) is 49.4 Å². The molecule has 0 radical (unpaired) electrons. The number of nitrogens with one attached hydrogen (secondary N) is 1. The fourth-order valence-corrected chi connectivity index (χ4v) is 3.30. The van der Waals surface area contributed by atoms with Crippen LogP contribution in [0.2, 0.25) is 5.02 Å². The first-order valence-corrected chi connectivity index (χ1v) is 7.06. The molecular formula is C14H17ClN2O2. The van der Waals surface area contributed by atoms with Crippen molar-refractivity contribution >= 4 is 23.4 Å². The minimum absolute atomic E-state index is 0.111. The average Bonchev–Trinajstić information content (AvgIpc) is 2.32. The summed E-state index contributed by atoms with van der Waals surface area (Å²) >= 11 is 6.04. The van der Waals surface area contributed by atoms with Crippen LogP contribution < -0.4 is 10.2 Å². The van der Waals surface area contributed by atoms with Crippen LogP contribution in [-0.2, 0) is 6.42 Å². The normalized spacial score (nSPS) is 25.4. The molecule has 19 heavy (non-hydrogen) atoms. The van der Waals surface area contributed by atoms with Crippen molar-refractivity contribution in [1.82, 2.24) is 5.32 Å². The van der Waals surface area contributed by atoms with Gasteiger partial charge in [-0.15, -0.1) is 0 Å². The van der Waals surface area contributed by atoms with Crippen molar-refractivity contribution in [3.63, 3.8) is 0 Å². The third kappa shape index (κ3) is 2.50. The van der Waals surface area contributed by atoms with Gasteiger partial charge >= 0.3 is 6.09 Å². The first kappa shape index (κ1) is 12.6. The average molecular weight is 281 g/mol. The molecule has 2 N–H and O–H groups in total. The van der Waals surface area contributed by atoms with E-state index < -0.39 is 6.09 Å². The Hall–Kier alpha value is -1.42. The summed E-state index contributed by atoms with van der Waals surface area (Å²) in [6.45, 7) is 1.05. The van der Waals surface area contributed by atoms with Gasteiger partial charge in [0.05, 0.1) is 0 Å². The summed E-state index contributed by atoms with van der Waals surface area (Å²) in [6.07, 6.45) is 3.09. The molecule has 3 rings (SSSR count). The van der Waals surface area contributed by atoms with Crippen LogP contribution in [0.3, 0.4) is 0 Å². The Labute approximate surface area is 117 Å². The molecule has 0 spiro atoms. The molecule has 1 fully saturated rings. The SMILES string of the molecule is O=C(O)NC1CC(N2CCCc3cc(Cl)ccc32)C1. The van der Waals surface area contributed by atoms with E-state index in [-0.39, 0.29) is 6.04 Å². The molecule has 0 aromatic heterocycles. The van der Waals surface area contributed by atoms with Crippen LogP contribution in [0.15, 0.2) is 18.2 Å². The Bertz CT molecular complexity index is 500. The Balaban J connectivity index is 1.70. The predicted octanol–water partition coefficient (Wildman–Crippen LogP) is 2.89. The first-order chi connectivity index (χ1) is 9.13. The van der Waals surface area contributed by atoms with Crippen molar-refractivity contribution in [3.8, 4) is 0 Å². The summed E-state index contributed by atoms with van der Waals surface area (Å²) in [4.78, 5) is 13.0. The number of nitrogens with zero attached hydrogens (tertiary/aromatic N) is 1. The Kier molecular flexibility index (Phi) is 3.27. The molecule has 5 heteroatoms. The second kappa shape index (κ2) is 4.93. The van der Waals surface area contributed by atoms with E-state index in [2.05, 4.69) is 22.3 Å². The molecule has 1 aromatic carbocycles. The third-order valence-corrected chi connectivity index (χ3v) is 4.31. The van der Waals surface area contributed by atoms with Gasteiger partial charge in [0, 0.05) is 29.3 Å². The molecule has 1 saturated carbocycles. The van der Waals surface area contributed by atoms with Gasteiger partial charge in [-0.25, -0.2) is 4.79 Å². The second-order valence-electron chi connectivity index (χ2n) is 5.34. The van der Waals surface area contributed by atoms with Gasteiger partial charge in [0.25, 0.3) is 0 Å². The molecule has 1 amide bonds. The maximum absolute atomic E-state index is 10.6. The van der Waals surface area contributed by atoms with E-state index in [1.807, 2.05) is 6.07 Å². The van der Waals surface area contributed by atoms with Gasteiger partial charge in [-0.3, -0.25) is 0 Å². The number of aryl methyl sites for hydroxylation is 1. The predicted molar refractivity (Wildman–Crippen MR) is 75.1 cm³/mol. The van der Waals surface area contributed by atoms with Crippen molar-refractivity contribution in [2.75, 3.05) is 11.4 Å². The van der Waals surface area contributed by atoms with Crippen LogP contribution in [0.1, 0.15) is 24.8 Å². The molecular weight excluding hydrogens is 264 g/mol. The zero-order valence-electron chi connectivity index (χ0n) is 10.6. The van der Waals surface area contributed by atoms with Gasteiger partial charge in [-0.1, -0.05) is 11.6 Å². The maximum atomic E-state index is 10.6. The molecule has 0 bridgehead atoms. The maximum Gasteiger partial charge on any atom is 0.404 e. The summed E-state index contributed by atoms with van der Waals surface area (Å²) in [7, 11) is 0. The highest BCUT2D eigenvalue weighted by Crippen LogP contribution is 2.36. The van der Waals surface area contributed by atoms with Crippen molar-refractivity contribution < 1.29 is 9.90 Å². The molecule has 1 aliphatic heterocycles. The van der Waals surface area contributed by atoms with Crippen LogP contribution >= 0.6 is 11.6 Å². The summed E-state index contributed by atoms with van der Waals surface area (Å²) in [5.41, 5.74) is 2.59. The number of fused-ring (bicyclic) bond motifs is 1. The number of hydrogen-bond acceptors (Lipinski definition) is 2. The Morgan fingerprint density at radius 1 is 1.42 bits per heavy atom. The zero-order chi connectivity index (χ0) is 13.4. The molecule has 1 heterocycles. The van der Waals surface area contributed by atoms with Gasteiger partial charge in [-0.2, -0.15) is 0 Å². The van der Waals surface area contributed by atoms with E-state index in [9.17, 15) is 4.79 Å². The second-order valence-corrected chi connectivity index (χ2v) is 5.78. The number of carboxylic acid groups (broad SMARTS) is 1. The summed E-state index contributed by atoms with van der Waals surface area (Å²) in [5, 5.41) is 12.0. The minimum Gasteiger partial charge on any atom is -0.465 e. The monoisotopic (exact) mass is 280 g/mol. The highest BCUT2D eigenvalue weighted by atomic mass is 35.5. The van der Waals surface area contributed by atoms with Crippen molar-refractivity contribution in [1.29, 1.82) is 0 Å². The number of amides is 1. The molecule has 1 aliphatic carbocycles. The van der Waals surface area contributed by atoms with Crippen LogP contribution in [0.4, 0.5) is 10.5 Å². The number of anilines is 1. The topological polar surface area (TPSA) is 52.6 Å². The van der Waals surface area contributed by atoms with Crippen LogP contribution in [0, 0.1) is 0 Å².